The van der Waals surface area contributed by atoms with E-state index in [0.717, 1.165) is 12.1 Å². The molecule has 1 amide bonds. The van der Waals surface area contributed by atoms with Gasteiger partial charge in [-0.15, -0.1) is 0 Å². The number of halogens is 5. The molecule has 178 valence electrons. The minimum atomic E-state index is -4.61. The van der Waals surface area contributed by atoms with Crippen LogP contribution in [0.4, 0.5) is 27.6 Å². The third-order valence-corrected chi connectivity index (χ3v) is 6.38. The molecule has 4 atom stereocenters. The number of alkyl halides is 3. The van der Waals surface area contributed by atoms with Crippen LogP contribution in [-0.4, -0.2) is 23.1 Å². The summed E-state index contributed by atoms with van der Waals surface area (Å²) in [5.41, 5.74) is -0.595. The van der Waals surface area contributed by atoms with Crippen molar-refractivity contribution in [2.75, 3.05) is 5.32 Å². The van der Waals surface area contributed by atoms with Crippen LogP contribution in [0.5, 0.6) is 0 Å². The first-order chi connectivity index (χ1) is 16.2. The maximum Gasteiger partial charge on any atom is 0.433 e. The molecule has 0 radical (unpaired) electrons. The molecule has 34 heavy (non-hydrogen) atoms. The van der Waals surface area contributed by atoms with Crippen molar-refractivity contribution in [1.82, 2.24) is 4.98 Å². The zero-order valence-corrected chi connectivity index (χ0v) is 17.7. The van der Waals surface area contributed by atoms with Crippen LogP contribution in [0, 0.1) is 17.6 Å². The molecule has 3 heterocycles. The lowest BCUT2D eigenvalue weighted by Crippen LogP contribution is -2.36. The topological polar surface area (TPSA) is 51.2 Å². The average molecular weight is 476 g/mol. The van der Waals surface area contributed by atoms with Crippen LogP contribution in [0.25, 0.3) is 11.1 Å². The summed E-state index contributed by atoms with van der Waals surface area (Å²) in [4.78, 5) is 16.9. The van der Waals surface area contributed by atoms with Gasteiger partial charge < -0.3 is 10.1 Å². The second-order valence-corrected chi connectivity index (χ2v) is 8.45. The van der Waals surface area contributed by atoms with Gasteiger partial charge in [0.05, 0.1) is 18.1 Å². The summed E-state index contributed by atoms with van der Waals surface area (Å²) in [6, 6.07) is 13.3. The summed E-state index contributed by atoms with van der Waals surface area (Å²) in [5, 5.41) is 2.64. The molecule has 2 bridgehead atoms. The number of benzene rings is 2. The van der Waals surface area contributed by atoms with E-state index in [1.165, 1.54) is 42.5 Å². The summed E-state index contributed by atoms with van der Waals surface area (Å²) in [6.07, 6.45) is -4.28. The molecular formula is C25H21F5N2O2. The second kappa shape index (κ2) is 8.47. The van der Waals surface area contributed by atoms with E-state index in [9.17, 15) is 26.7 Å². The molecule has 9 heteroatoms. The molecule has 0 aliphatic carbocycles. The number of amides is 1. The Balaban J connectivity index is 0.00000289. The van der Waals surface area contributed by atoms with Gasteiger partial charge in [0.15, 0.2) is 0 Å². The van der Waals surface area contributed by atoms with Gasteiger partial charge in [0.2, 0.25) is 5.91 Å². The molecule has 4 nitrogen and oxygen atoms in total. The van der Waals surface area contributed by atoms with Crippen molar-refractivity contribution in [2.24, 2.45) is 5.92 Å². The molecule has 5 rings (SSSR count). The van der Waals surface area contributed by atoms with Gasteiger partial charge in [0.1, 0.15) is 17.3 Å². The van der Waals surface area contributed by atoms with E-state index in [1.54, 1.807) is 6.07 Å². The van der Waals surface area contributed by atoms with Gasteiger partial charge >= 0.3 is 6.18 Å². The van der Waals surface area contributed by atoms with Crippen LogP contribution >= 0.6 is 0 Å². The van der Waals surface area contributed by atoms with Crippen molar-refractivity contribution >= 4 is 11.6 Å². The lowest BCUT2D eigenvalue weighted by Gasteiger charge is -2.27. The number of hydrogen-bond donors (Lipinski definition) is 1. The molecule has 1 unspecified atom stereocenters. The van der Waals surface area contributed by atoms with E-state index in [-0.39, 0.29) is 23.9 Å². The first kappa shape index (κ1) is 22.5. The molecule has 0 spiro atoms. The SMILES string of the molecule is O=C(Nc1ccc(-c2ccccc2F)c(F)c1)[C@@H]1C(c2cccc(C(F)(F)F)n2)[C@@H]2CC[C@H]1O2.[HH]. The third-order valence-electron chi connectivity index (χ3n) is 6.38. The van der Waals surface area contributed by atoms with E-state index >= 15 is 0 Å². The van der Waals surface area contributed by atoms with Gasteiger partial charge in [-0.3, -0.25) is 4.79 Å². The lowest BCUT2D eigenvalue weighted by atomic mass is 9.76. The number of fused-ring (bicyclic) bond motifs is 2. The number of nitrogens with one attached hydrogen (secondary N) is 1. The van der Waals surface area contributed by atoms with E-state index in [4.69, 9.17) is 4.74 Å². The molecule has 3 aromatic rings. The second-order valence-electron chi connectivity index (χ2n) is 8.45. The predicted octanol–water partition coefficient (Wildman–Crippen LogP) is 6.19. The van der Waals surface area contributed by atoms with Crippen LogP contribution in [0.3, 0.4) is 0 Å². The van der Waals surface area contributed by atoms with Crippen LogP contribution in [0.15, 0.2) is 60.7 Å². The standard InChI is InChI=1S/C25H19F5N2O2.H2/c26-16-5-2-1-4-14(16)15-9-8-13(12-17(15)27)31-24(33)23-20-11-10-19(34-20)22(23)18-6-3-7-21(32-18)25(28,29)30;/h1-9,12,19-20,22-23H,10-11H2,(H,31,33);1H/t19-,20+,22?,23-;/m0./s1. The van der Waals surface area contributed by atoms with Crippen molar-refractivity contribution in [3.8, 4) is 11.1 Å². The smallest absolute Gasteiger partial charge is 0.373 e. The molecule has 0 saturated carbocycles. The summed E-state index contributed by atoms with van der Waals surface area (Å²) in [5.74, 6) is -3.21. The molecule has 2 aromatic carbocycles. The number of anilines is 1. The maximum absolute atomic E-state index is 14.7. The molecule has 1 aromatic heterocycles. The largest absolute Gasteiger partial charge is 0.433 e. The molecule has 2 aliphatic heterocycles. The molecule has 2 saturated heterocycles. The highest BCUT2D eigenvalue weighted by Crippen LogP contribution is 2.49. The predicted molar refractivity (Wildman–Crippen MR) is 116 cm³/mol. The number of nitrogens with zero attached hydrogens (tertiary/aromatic N) is 1. The summed E-state index contributed by atoms with van der Waals surface area (Å²) in [7, 11) is 0. The number of ether oxygens (including phenoxy) is 1. The normalized spacial score (nSPS) is 23.8. The minimum Gasteiger partial charge on any atom is -0.373 e. The first-order valence-electron chi connectivity index (χ1n) is 10.8. The Morgan fingerprint density at radius 1 is 0.941 bits per heavy atom. The summed E-state index contributed by atoms with van der Waals surface area (Å²) >= 11 is 0. The minimum absolute atomic E-state index is 0. The van der Waals surface area contributed by atoms with Crippen molar-refractivity contribution in [2.45, 2.75) is 37.1 Å². The van der Waals surface area contributed by atoms with Gasteiger partial charge in [-0.25, -0.2) is 13.8 Å². The fourth-order valence-electron chi connectivity index (χ4n) is 4.90. The number of aromatic nitrogens is 1. The van der Waals surface area contributed by atoms with Gasteiger partial charge in [-0.05, 0) is 49.2 Å². The summed E-state index contributed by atoms with van der Waals surface area (Å²) in [6.45, 7) is 0. The Morgan fingerprint density at radius 3 is 2.41 bits per heavy atom. The quantitative estimate of drug-likeness (QED) is 0.457. The van der Waals surface area contributed by atoms with E-state index in [0.29, 0.717) is 12.8 Å². The number of hydrogen-bond acceptors (Lipinski definition) is 3. The van der Waals surface area contributed by atoms with E-state index < -0.39 is 53.5 Å². The van der Waals surface area contributed by atoms with Crippen LogP contribution in [0.2, 0.25) is 0 Å². The fourth-order valence-corrected chi connectivity index (χ4v) is 4.90. The Kier molecular flexibility index (Phi) is 5.59. The van der Waals surface area contributed by atoms with Crippen molar-refractivity contribution < 1.29 is 32.9 Å². The molecule has 2 fully saturated rings. The van der Waals surface area contributed by atoms with Crippen LogP contribution < -0.4 is 5.32 Å². The zero-order chi connectivity index (χ0) is 24.0. The van der Waals surface area contributed by atoms with Gasteiger partial charge in [-0.2, -0.15) is 13.2 Å². The maximum atomic E-state index is 14.7. The average Bonchev–Trinajstić information content (AvgIpc) is 3.41. The Labute approximate surface area is 193 Å². The molecular weight excluding hydrogens is 455 g/mol. The van der Waals surface area contributed by atoms with Gasteiger partial charge in [0.25, 0.3) is 0 Å². The van der Waals surface area contributed by atoms with Crippen LogP contribution in [-0.2, 0) is 15.7 Å². The number of rotatable bonds is 4. The molecule has 1 N–H and O–H groups in total. The number of carbonyl (C=O) groups excluding carboxylic acids is 1. The Hall–Kier alpha value is -3.33. The highest BCUT2D eigenvalue weighted by atomic mass is 19.4. The highest BCUT2D eigenvalue weighted by molar-refractivity contribution is 5.94. The number of carbonyl (C=O) groups is 1. The van der Waals surface area contributed by atoms with Crippen molar-refractivity contribution in [3.63, 3.8) is 0 Å². The van der Waals surface area contributed by atoms with E-state index in [2.05, 4.69) is 10.3 Å². The Bertz CT molecular complexity index is 1250. The lowest BCUT2D eigenvalue weighted by molar-refractivity contribution is -0.141. The Morgan fingerprint density at radius 2 is 1.68 bits per heavy atom. The van der Waals surface area contributed by atoms with Crippen molar-refractivity contribution in [3.05, 3.63) is 83.7 Å². The summed E-state index contributed by atoms with van der Waals surface area (Å²) < 4.78 is 74.1. The van der Waals surface area contributed by atoms with E-state index in [1.807, 2.05) is 0 Å². The van der Waals surface area contributed by atoms with Gasteiger partial charge in [0, 0.05) is 29.9 Å². The fraction of sp³-hybridized carbons (Fsp3) is 0.280. The van der Waals surface area contributed by atoms with Crippen LogP contribution in [0.1, 0.15) is 31.6 Å². The number of pyridine rings is 1. The third kappa shape index (κ3) is 4.04. The highest BCUT2D eigenvalue weighted by Gasteiger charge is 2.53. The van der Waals surface area contributed by atoms with Gasteiger partial charge in [-0.1, -0.05) is 24.3 Å². The zero-order valence-electron chi connectivity index (χ0n) is 17.7. The first-order valence-corrected chi connectivity index (χ1v) is 10.8. The molecule has 2 aliphatic rings. The monoisotopic (exact) mass is 476 g/mol. The van der Waals surface area contributed by atoms with Crippen molar-refractivity contribution in [1.29, 1.82) is 0 Å².